The highest BCUT2D eigenvalue weighted by Gasteiger charge is 2.52. The van der Waals surface area contributed by atoms with Gasteiger partial charge in [0.25, 0.3) is 0 Å². The maximum absolute atomic E-state index is 9.15. The van der Waals surface area contributed by atoms with Crippen molar-refractivity contribution < 1.29 is 5.11 Å². The van der Waals surface area contributed by atoms with Gasteiger partial charge in [0.2, 0.25) is 0 Å². The molecular formula is C8H13IO. The summed E-state index contributed by atoms with van der Waals surface area (Å²) < 4.78 is 0.584. The predicted molar refractivity (Wildman–Crippen MR) is 49.4 cm³/mol. The summed E-state index contributed by atoms with van der Waals surface area (Å²) in [5.74, 6) is 0. The van der Waals surface area contributed by atoms with Gasteiger partial charge in [-0.3, -0.25) is 0 Å². The molecule has 0 heterocycles. The summed E-state index contributed by atoms with van der Waals surface area (Å²) in [7, 11) is 0. The lowest BCUT2D eigenvalue weighted by molar-refractivity contribution is 0.133. The van der Waals surface area contributed by atoms with E-state index in [-0.39, 0.29) is 0 Å². The molecular weight excluding hydrogens is 239 g/mol. The molecule has 2 aliphatic carbocycles. The normalized spacial score (nSPS) is 52.2. The van der Waals surface area contributed by atoms with E-state index in [1.54, 1.807) is 0 Å². The number of halogens is 1. The SMILES string of the molecule is OCC12CCC(I)(CC1)C2. The zero-order valence-electron chi connectivity index (χ0n) is 6.07. The van der Waals surface area contributed by atoms with E-state index in [0.29, 0.717) is 15.4 Å². The highest BCUT2D eigenvalue weighted by atomic mass is 127. The standard InChI is InChI=1S/C8H13IO/c9-8-3-1-7(5-8,6-10)2-4-8/h10H,1-6H2. The molecule has 0 unspecified atom stereocenters. The molecule has 0 saturated heterocycles. The molecule has 1 nitrogen and oxygen atoms in total. The van der Waals surface area contributed by atoms with Gasteiger partial charge in [-0.15, -0.1) is 0 Å². The molecule has 0 atom stereocenters. The van der Waals surface area contributed by atoms with Crippen molar-refractivity contribution in [3.63, 3.8) is 0 Å². The molecule has 0 aliphatic heterocycles. The molecule has 10 heavy (non-hydrogen) atoms. The molecule has 2 saturated carbocycles. The van der Waals surface area contributed by atoms with E-state index in [1.165, 1.54) is 32.1 Å². The quantitative estimate of drug-likeness (QED) is 0.559. The third-order valence-corrected chi connectivity index (χ3v) is 4.69. The molecule has 2 aliphatic rings. The average Bonchev–Trinajstić information content (AvgIpc) is 2.42. The smallest absolute Gasteiger partial charge is 0.0487 e. The fraction of sp³-hybridized carbons (Fsp3) is 1.00. The minimum Gasteiger partial charge on any atom is -0.396 e. The highest BCUT2D eigenvalue weighted by Crippen LogP contribution is 2.60. The van der Waals surface area contributed by atoms with Crippen molar-refractivity contribution in [1.82, 2.24) is 0 Å². The van der Waals surface area contributed by atoms with E-state index in [1.807, 2.05) is 0 Å². The Kier molecular flexibility index (Phi) is 1.54. The molecule has 1 N–H and O–H groups in total. The van der Waals surface area contributed by atoms with Gasteiger partial charge < -0.3 is 5.11 Å². The second-order valence-electron chi connectivity index (χ2n) is 3.99. The maximum Gasteiger partial charge on any atom is 0.0487 e. The van der Waals surface area contributed by atoms with Crippen molar-refractivity contribution in [3.8, 4) is 0 Å². The number of alkyl halides is 1. The summed E-state index contributed by atoms with van der Waals surface area (Å²) in [6.45, 7) is 0.428. The van der Waals surface area contributed by atoms with Crippen molar-refractivity contribution in [3.05, 3.63) is 0 Å². The summed E-state index contributed by atoms with van der Waals surface area (Å²) >= 11 is 2.59. The number of aliphatic hydroxyl groups is 1. The first-order valence-corrected chi connectivity index (χ1v) is 5.06. The lowest BCUT2D eigenvalue weighted by Crippen LogP contribution is -2.18. The van der Waals surface area contributed by atoms with Crippen LogP contribution in [0.5, 0.6) is 0 Å². The van der Waals surface area contributed by atoms with Crippen molar-refractivity contribution in [2.45, 2.75) is 35.5 Å². The van der Waals surface area contributed by atoms with Crippen LogP contribution in [0.4, 0.5) is 0 Å². The van der Waals surface area contributed by atoms with Gasteiger partial charge in [-0.25, -0.2) is 0 Å². The Morgan fingerprint density at radius 1 is 1.20 bits per heavy atom. The molecule has 0 amide bonds. The number of hydrogen-bond donors (Lipinski definition) is 1. The van der Waals surface area contributed by atoms with E-state index in [9.17, 15) is 0 Å². The van der Waals surface area contributed by atoms with Crippen molar-refractivity contribution in [2.75, 3.05) is 6.61 Å². The lowest BCUT2D eigenvalue weighted by atomic mass is 9.85. The Bertz CT molecular complexity index is 147. The molecule has 0 aromatic carbocycles. The van der Waals surface area contributed by atoms with E-state index < -0.39 is 0 Å². The first-order chi connectivity index (χ1) is 4.68. The number of aliphatic hydroxyl groups excluding tert-OH is 1. The Morgan fingerprint density at radius 3 is 2.00 bits per heavy atom. The van der Waals surface area contributed by atoms with Crippen LogP contribution in [0.15, 0.2) is 0 Å². The van der Waals surface area contributed by atoms with Crippen LogP contribution < -0.4 is 0 Å². The van der Waals surface area contributed by atoms with Crippen molar-refractivity contribution in [1.29, 1.82) is 0 Å². The second-order valence-corrected chi connectivity index (χ2v) is 6.27. The lowest BCUT2D eigenvalue weighted by Gasteiger charge is -2.23. The Balaban J connectivity index is 2.19. The molecule has 0 radical (unpaired) electrons. The summed E-state index contributed by atoms with van der Waals surface area (Å²) in [5.41, 5.74) is 0.362. The Labute approximate surface area is 75.3 Å². The van der Waals surface area contributed by atoms with Crippen LogP contribution in [0.3, 0.4) is 0 Å². The van der Waals surface area contributed by atoms with Gasteiger partial charge in [0.05, 0.1) is 0 Å². The van der Waals surface area contributed by atoms with Gasteiger partial charge >= 0.3 is 0 Å². The monoisotopic (exact) mass is 252 g/mol. The van der Waals surface area contributed by atoms with Crippen LogP contribution in [0, 0.1) is 5.41 Å². The van der Waals surface area contributed by atoms with Crippen LogP contribution in [-0.4, -0.2) is 15.1 Å². The maximum atomic E-state index is 9.15. The minimum absolute atomic E-state index is 0.362. The first-order valence-electron chi connectivity index (χ1n) is 3.98. The summed E-state index contributed by atoms with van der Waals surface area (Å²) in [6.07, 6.45) is 6.50. The first kappa shape index (κ1) is 7.35. The highest BCUT2D eigenvalue weighted by molar-refractivity contribution is 14.1. The molecule has 0 aromatic rings. The second kappa shape index (κ2) is 2.09. The largest absolute Gasteiger partial charge is 0.396 e. The molecule has 2 heteroatoms. The van der Waals surface area contributed by atoms with Crippen LogP contribution in [0.25, 0.3) is 0 Å². The Hall–Kier alpha value is 0.690. The molecule has 2 rings (SSSR count). The van der Waals surface area contributed by atoms with Gasteiger partial charge in [-0.1, -0.05) is 22.6 Å². The van der Waals surface area contributed by atoms with Crippen LogP contribution >= 0.6 is 22.6 Å². The predicted octanol–water partition coefficient (Wildman–Crippen LogP) is 2.12. The van der Waals surface area contributed by atoms with Gasteiger partial charge in [0.15, 0.2) is 0 Å². The number of hydrogen-bond acceptors (Lipinski definition) is 1. The van der Waals surface area contributed by atoms with Gasteiger partial charge in [0.1, 0.15) is 0 Å². The van der Waals surface area contributed by atoms with Gasteiger partial charge in [-0.05, 0) is 37.5 Å². The zero-order valence-corrected chi connectivity index (χ0v) is 8.23. The average molecular weight is 252 g/mol. The van der Waals surface area contributed by atoms with E-state index in [0.717, 1.165) is 0 Å². The van der Waals surface area contributed by atoms with Gasteiger partial charge in [0, 0.05) is 10.0 Å². The van der Waals surface area contributed by atoms with Crippen molar-refractivity contribution >= 4 is 22.6 Å². The molecule has 58 valence electrons. The molecule has 2 bridgehead atoms. The van der Waals surface area contributed by atoms with Crippen LogP contribution in [0.1, 0.15) is 32.1 Å². The zero-order chi connectivity index (χ0) is 7.24. The fourth-order valence-electron chi connectivity index (χ4n) is 2.47. The fourth-order valence-corrected chi connectivity index (χ4v) is 3.82. The van der Waals surface area contributed by atoms with E-state index >= 15 is 0 Å². The number of rotatable bonds is 1. The summed E-state index contributed by atoms with van der Waals surface area (Å²) in [4.78, 5) is 0. The minimum atomic E-state index is 0.362. The van der Waals surface area contributed by atoms with Crippen LogP contribution in [0.2, 0.25) is 0 Å². The van der Waals surface area contributed by atoms with Crippen LogP contribution in [-0.2, 0) is 0 Å². The molecule has 2 fully saturated rings. The third kappa shape index (κ3) is 0.916. The van der Waals surface area contributed by atoms with E-state index in [2.05, 4.69) is 22.6 Å². The van der Waals surface area contributed by atoms with Crippen molar-refractivity contribution in [2.24, 2.45) is 5.41 Å². The Morgan fingerprint density at radius 2 is 1.80 bits per heavy atom. The third-order valence-electron chi connectivity index (χ3n) is 3.23. The summed E-state index contributed by atoms with van der Waals surface area (Å²) in [5, 5.41) is 9.15. The molecule has 0 aromatic heterocycles. The topological polar surface area (TPSA) is 20.2 Å². The number of fused-ring (bicyclic) bond motifs is 2. The summed E-state index contributed by atoms with van der Waals surface area (Å²) in [6, 6.07) is 0. The molecule has 0 spiro atoms. The van der Waals surface area contributed by atoms with E-state index in [4.69, 9.17) is 5.11 Å². The van der Waals surface area contributed by atoms with Gasteiger partial charge in [-0.2, -0.15) is 0 Å².